The van der Waals surface area contributed by atoms with E-state index in [1.807, 2.05) is 26.8 Å². The first-order valence-electron chi connectivity index (χ1n) is 7.37. The highest BCUT2D eigenvalue weighted by atomic mass is 16.5. The molecular weight excluding hydrogens is 262 g/mol. The third-order valence-corrected chi connectivity index (χ3v) is 3.27. The normalized spacial score (nSPS) is 10.8. The fourth-order valence-corrected chi connectivity index (χ4v) is 2.06. The van der Waals surface area contributed by atoms with Crippen LogP contribution >= 0.6 is 0 Å². The van der Waals surface area contributed by atoms with Gasteiger partial charge in [-0.15, -0.1) is 0 Å². The average molecular weight is 285 g/mol. The van der Waals surface area contributed by atoms with Crippen LogP contribution in [0.5, 0.6) is 11.6 Å². The van der Waals surface area contributed by atoms with Gasteiger partial charge in [0.15, 0.2) is 0 Å². The fourth-order valence-electron chi connectivity index (χ4n) is 2.06. The molecule has 0 bridgehead atoms. The second-order valence-corrected chi connectivity index (χ2v) is 5.45. The van der Waals surface area contributed by atoms with Crippen LogP contribution in [0.25, 0.3) is 0 Å². The molecule has 0 radical (unpaired) electrons. The van der Waals surface area contributed by atoms with Crippen LogP contribution in [0.15, 0.2) is 24.3 Å². The maximum atomic E-state index is 5.98. The Labute approximate surface area is 126 Å². The Hall–Kier alpha value is -2.10. The standard InChI is InChI=1S/C17H23N3O/c1-6-18-16-10-17(20-13(5)19-16)21-15-9-14(11(2)3)8-7-12(15)4/h7-11H,6H2,1-5H3,(H,18,19,20). The van der Waals surface area contributed by atoms with E-state index >= 15 is 0 Å². The summed E-state index contributed by atoms with van der Waals surface area (Å²) < 4.78 is 5.98. The number of hydrogen-bond donors (Lipinski definition) is 1. The predicted octanol–water partition coefficient (Wildman–Crippen LogP) is 4.44. The van der Waals surface area contributed by atoms with Crippen molar-refractivity contribution in [3.8, 4) is 11.6 Å². The van der Waals surface area contributed by atoms with Crippen molar-refractivity contribution in [2.24, 2.45) is 0 Å². The van der Waals surface area contributed by atoms with Crippen molar-refractivity contribution in [2.75, 3.05) is 11.9 Å². The number of benzene rings is 1. The smallest absolute Gasteiger partial charge is 0.224 e. The predicted molar refractivity (Wildman–Crippen MR) is 86.3 cm³/mol. The van der Waals surface area contributed by atoms with Crippen LogP contribution in [-0.4, -0.2) is 16.5 Å². The van der Waals surface area contributed by atoms with Gasteiger partial charge in [0.2, 0.25) is 5.88 Å². The third kappa shape index (κ3) is 3.94. The number of nitrogens with zero attached hydrogens (tertiary/aromatic N) is 2. The molecule has 0 atom stereocenters. The molecule has 0 saturated carbocycles. The summed E-state index contributed by atoms with van der Waals surface area (Å²) >= 11 is 0. The number of aryl methyl sites for hydroxylation is 2. The molecule has 2 rings (SSSR count). The first kappa shape index (κ1) is 15.3. The quantitative estimate of drug-likeness (QED) is 0.882. The van der Waals surface area contributed by atoms with Gasteiger partial charge in [-0.2, -0.15) is 4.98 Å². The molecule has 0 amide bonds. The number of anilines is 1. The molecule has 0 saturated heterocycles. The maximum absolute atomic E-state index is 5.98. The summed E-state index contributed by atoms with van der Waals surface area (Å²) in [5.41, 5.74) is 2.36. The number of hydrogen-bond acceptors (Lipinski definition) is 4. The highest BCUT2D eigenvalue weighted by Crippen LogP contribution is 2.28. The Morgan fingerprint density at radius 3 is 2.57 bits per heavy atom. The monoisotopic (exact) mass is 285 g/mol. The summed E-state index contributed by atoms with van der Waals surface area (Å²) in [6.45, 7) is 11.1. The molecule has 0 fully saturated rings. The molecule has 1 aromatic carbocycles. The van der Waals surface area contributed by atoms with Gasteiger partial charge in [0.05, 0.1) is 0 Å². The average Bonchev–Trinajstić information content (AvgIpc) is 2.40. The van der Waals surface area contributed by atoms with Gasteiger partial charge in [0.1, 0.15) is 17.4 Å². The van der Waals surface area contributed by atoms with Crippen molar-refractivity contribution in [1.82, 2.24) is 9.97 Å². The van der Waals surface area contributed by atoms with E-state index in [1.54, 1.807) is 0 Å². The molecule has 0 aliphatic heterocycles. The van der Waals surface area contributed by atoms with E-state index < -0.39 is 0 Å². The largest absolute Gasteiger partial charge is 0.439 e. The van der Waals surface area contributed by atoms with Gasteiger partial charge in [0.25, 0.3) is 0 Å². The Balaban J connectivity index is 2.31. The molecule has 112 valence electrons. The first-order chi connectivity index (χ1) is 9.99. The zero-order valence-corrected chi connectivity index (χ0v) is 13.4. The highest BCUT2D eigenvalue weighted by Gasteiger charge is 2.08. The Morgan fingerprint density at radius 2 is 1.90 bits per heavy atom. The van der Waals surface area contributed by atoms with Crippen LogP contribution in [0.1, 0.15) is 43.6 Å². The second-order valence-electron chi connectivity index (χ2n) is 5.45. The molecule has 0 aliphatic carbocycles. The summed E-state index contributed by atoms with van der Waals surface area (Å²) in [6.07, 6.45) is 0. The van der Waals surface area contributed by atoms with Crippen LogP contribution in [-0.2, 0) is 0 Å². The molecule has 4 heteroatoms. The van der Waals surface area contributed by atoms with Crippen molar-refractivity contribution in [2.45, 2.75) is 40.5 Å². The molecule has 0 unspecified atom stereocenters. The molecule has 1 aromatic heterocycles. The lowest BCUT2D eigenvalue weighted by atomic mass is 10.0. The Morgan fingerprint density at radius 1 is 1.14 bits per heavy atom. The number of nitrogens with one attached hydrogen (secondary N) is 1. The lowest BCUT2D eigenvalue weighted by molar-refractivity contribution is 0.456. The molecular formula is C17H23N3O. The van der Waals surface area contributed by atoms with E-state index in [9.17, 15) is 0 Å². The van der Waals surface area contributed by atoms with Crippen molar-refractivity contribution in [1.29, 1.82) is 0 Å². The van der Waals surface area contributed by atoms with Gasteiger partial charge in [-0.1, -0.05) is 26.0 Å². The number of rotatable bonds is 5. The minimum absolute atomic E-state index is 0.470. The molecule has 2 aromatic rings. The van der Waals surface area contributed by atoms with Gasteiger partial charge in [-0.3, -0.25) is 0 Å². The van der Waals surface area contributed by atoms with Gasteiger partial charge in [-0.25, -0.2) is 4.98 Å². The molecule has 0 spiro atoms. The Kier molecular flexibility index (Phi) is 4.78. The summed E-state index contributed by atoms with van der Waals surface area (Å²) in [6, 6.07) is 8.15. The van der Waals surface area contributed by atoms with Crippen LogP contribution in [0.2, 0.25) is 0 Å². The van der Waals surface area contributed by atoms with Crippen LogP contribution in [0.3, 0.4) is 0 Å². The SMILES string of the molecule is CCNc1cc(Oc2cc(C(C)C)ccc2C)nc(C)n1. The number of ether oxygens (including phenoxy) is 1. The summed E-state index contributed by atoms with van der Waals surface area (Å²) in [5, 5.41) is 3.19. The van der Waals surface area contributed by atoms with Crippen LogP contribution in [0.4, 0.5) is 5.82 Å². The topological polar surface area (TPSA) is 47.0 Å². The molecule has 0 aliphatic rings. The second kappa shape index (κ2) is 6.57. The van der Waals surface area contributed by atoms with Crippen molar-refractivity contribution >= 4 is 5.82 Å². The minimum atomic E-state index is 0.470. The molecule has 21 heavy (non-hydrogen) atoms. The third-order valence-electron chi connectivity index (χ3n) is 3.27. The minimum Gasteiger partial charge on any atom is -0.439 e. The molecule has 1 N–H and O–H groups in total. The fraction of sp³-hybridized carbons (Fsp3) is 0.412. The van der Waals surface area contributed by atoms with E-state index in [4.69, 9.17) is 4.74 Å². The lowest BCUT2D eigenvalue weighted by Gasteiger charge is -2.13. The van der Waals surface area contributed by atoms with E-state index in [0.29, 0.717) is 17.6 Å². The lowest BCUT2D eigenvalue weighted by Crippen LogP contribution is -2.03. The summed E-state index contributed by atoms with van der Waals surface area (Å²) in [4.78, 5) is 8.68. The number of aromatic nitrogens is 2. The van der Waals surface area contributed by atoms with Crippen molar-refractivity contribution in [3.63, 3.8) is 0 Å². The summed E-state index contributed by atoms with van der Waals surface area (Å²) in [7, 11) is 0. The van der Waals surface area contributed by atoms with Crippen molar-refractivity contribution < 1.29 is 4.74 Å². The van der Waals surface area contributed by atoms with E-state index in [2.05, 4.69) is 47.3 Å². The van der Waals surface area contributed by atoms with Crippen molar-refractivity contribution in [3.05, 3.63) is 41.2 Å². The van der Waals surface area contributed by atoms with E-state index in [-0.39, 0.29) is 0 Å². The first-order valence-corrected chi connectivity index (χ1v) is 7.37. The highest BCUT2D eigenvalue weighted by molar-refractivity contribution is 5.43. The maximum Gasteiger partial charge on any atom is 0.224 e. The zero-order chi connectivity index (χ0) is 15.4. The molecule has 4 nitrogen and oxygen atoms in total. The molecule has 1 heterocycles. The van der Waals surface area contributed by atoms with Crippen LogP contribution in [0, 0.1) is 13.8 Å². The van der Waals surface area contributed by atoms with E-state index in [1.165, 1.54) is 5.56 Å². The zero-order valence-electron chi connectivity index (χ0n) is 13.4. The van der Waals surface area contributed by atoms with Gasteiger partial charge >= 0.3 is 0 Å². The van der Waals surface area contributed by atoms with E-state index in [0.717, 1.165) is 23.7 Å². The van der Waals surface area contributed by atoms with Gasteiger partial charge < -0.3 is 10.1 Å². The Bertz CT molecular complexity index is 623. The van der Waals surface area contributed by atoms with Crippen LogP contribution < -0.4 is 10.1 Å². The summed E-state index contributed by atoms with van der Waals surface area (Å²) in [5.74, 6) is 3.38. The van der Waals surface area contributed by atoms with Gasteiger partial charge in [0, 0.05) is 12.6 Å². The van der Waals surface area contributed by atoms with Gasteiger partial charge in [-0.05, 0) is 43.9 Å².